The fraction of sp³-hybridized carbons (Fsp3) is 0.706. The van der Waals surface area contributed by atoms with Crippen LogP contribution in [0.25, 0.3) is 0 Å². The summed E-state index contributed by atoms with van der Waals surface area (Å²) in [6.45, 7) is 1.03. The molecule has 0 rings (SSSR count). The maximum Gasteiger partial charge on any atom is 0.322 e. The van der Waals surface area contributed by atoms with E-state index in [0.29, 0.717) is 19.4 Å². The number of carboxylic acids is 1. The summed E-state index contributed by atoms with van der Waals surface area (Å²) in [6, 6.07) is -3.64. The third-order valence-corrected chi connectivity index (χ3v) is 4.13. The molecule has 0 saturated heterocycles. The average molecular weight is 432 g/mol. The van der Waals surface area contributed by atoms with Gasteiger partial charge in [-0.1, -0.05) is 0 Å². The van der Waals surface area contributed by atoms with E-state index in [1.165, 1.54) is 6.92 Å². The van der Waals surface area contributed by atoms with E-state index in [0.717, 1.165) is 0 Å². The quantitative estimate of drug-likeness (QED) is 0.118. The summed E-state index contributed by atoms with van der Waals surface area (Å²) in [5, 5.41) is 25.1. The van der Waals surface area contributed by atoms with Gasteiger partial charge >= 0.3 is 5.97 Å². The van der Waals surface area contributed by atoms with Crippen LogP contribution in [0.1, 0.15) is 39.0 Å². The Morgan fingerprint density at radius 2 is 1.50 bits per heavy atom. The highest BCUT2D eigenvalue weighted by Crippen LogP contribution is 2.05. The number of aliphatic hydroxyl groups is 1. The number of unbranched alkanes of at least 4 members (excludes halogenated alkanes) is 1. The van der Waals surface area contributed by atoms with Gasteiger partial charge in [-0.05, 0) is 39.2 Å². The normalized spacial score (nSPS) is 14.7. The van der Waals surface area contributed by atoms with Crippen LogP contribution < -0.4 is 33.2 Å². The van der Waals surface area contributed by atoms with Crippen LogP contribution in [0.4, 0.5) is 0 Å². The summed E-state index contributed by atoms with van der Waals surface area (Å²) in [7, 11) is 0. The molecule has 0 radical (unpaired) electrons. The molecule has 0 heterocycles. The summed E-state index contributed by atoms with van der Waals surface area (Å²) >= 11 is 0. The van der Waals surface area contributed by atoms with Crippen LogP contribution >= 0.6 is 0 Å². The number of nitrogens with one attached hydrogen (secondary N) is 3. The minimum atomic E-state index is -1.31. The van der Waals surface area contributed by atoms with Gasteiger partial charge < -0.3 is 43.4 Å². The molecule has 0 bridgehead atoms. The molecule has 0 aromatic carbocycles. The monoisotopic (exact) mass is 432 g/mol. The topological polar surface area (TPSA) is 240 Å². The number of hydrogen-bond acceptors (Lipinski definition) is 8. The van der Waals surface area contributed by atoms with Crippen LogP contribution in [0.5, 0.6) is 0 Å². The number of primary amides is 1. The van der Waals surface area contributed by atoms with E-state index in [1.54, 1.807) is 0 Å². The highest BCUT2D eigenvalue weighted by atomic mass is 16.4. The molecule has 0 aromatic rings. The van der Waals surface area contributed by atoms with Crippen molar-refractivity contribution in [1.29, 1.82) is 0 Å². The molecular formula is C17H32N6O7. The summed E-state index contributed by atoms with van der Waals surface area (Å²) in [5.74, 6) is -4.30. The first kappa shape index (κ1) is 27.2. The average Bonchev–Trinajstić information content (AvgIpc) is 2.67. The number of hydrogen-bond donors (Lipinski definition) is 8. The molecule has 13 heteroatoms. The van der Waals surface area contributed by atoms with Crippen molar-refractivity contribution < 1.29 is 34.2 Å². The number of aliphatic carboxylic acids is 1. The van der Waals surface area contributed by atoms with Crippen LogP contribution in [0.15, 0.2) is 0 Å². The van der Waals surface area contributed by atoms with Crippen LogP contribution in [-0.4, -0.2) is 77.1 Å². The number of nitrogens with two attached hydrogens (primary N) is 3. The zero-order valence-electron chi connectivity index (χ0n) is 16.9. The summed E-state index contributed by atoms with van der Waals surface area (Å²) in [6.07, 6.45) is -0.345. The molecular weight excluding hydrogens is 400 g/mol. The van der Waals surface area contributed by atoms with E-state index in [9.17, 15) is 29.1 Å². The molecule has 0 spiro atoms. The first-order valence-corrected chi connectivity index (χ1v) is 9.51. The Morgan fingerprint density at radius 1 is 0.933 bits per heavy atom. The minimum Gasteiger partial charge on any atom is -0.480 e. The van der Waals surface area contributed by atoms with Crippen molar-refractivity contribution in [2.45, 2.75) is 63.3 Å². The molecule has 0 saturated carbocycles. The lowest BCUT2D eigenvalue weighted by Gasteiger charge is -2.24. The molecule has 11 N–H and O–H groups in total. The summed E-state index contributed by atoms with van der Waals surface area (Å²) < 4.78 is 0. The first-order chi connectivity index (χ1) is 14.0. The Morgan fingerprint density at radius 3 is 2.00 bits per heavy atom. The van der Waals surface area contributed by atoms with E-state index in [4.69, 9.17) is 22.3 Å². The van der Waals surface area contributed by atoms with Crippen molar-refractivity contribution >= 4 is 29.6 Å². The van der Waals surface area contributed by atoms with Crippen molar-refractivity contribution in [1.82, 2.24) is 16.0 Å². The third kappa shape index (κ3) is 11.3. The molecule has 13 nitrogen and oxygen atoms in total. The Kier molecular flexibility index (Phi) is 12.9. The van der Waals surface area contributed by atoms with Crippen molar-refractivity contribution in [2.75, 3.05) is 13.1 Å². The molecule has 4 amide bonds. The van der Waals surface area contributed by atoms with Gasteiger partial charge in [0, 0.05) is 6.42 Å². The van der Waals surface area contributed by atoms with Crippen molar-refractivity contribution in [3.8, 4) is 0 Å². The van der Waals surface area contributed by atoms with E-state index in [1.807, 2.05) is 0 Å². The van der Waals surface area contributed by atoms with Gasteiger partial charge in [-0.15, -0.1) is 0 Å². The second kappa shape index (κ2) is 14.3. The lowest BCUT2D eigenvalue weighted by atomic mass is 10.1. The maximum absolute atomic E-state index is 12.7. The minimum absolute atomic E-state index is 0.161. The Balaban J connectivity index is 5.29. The Hall–Kier alpha value is -2.77. The van der Waals surface area contributed by atoms with Crippen LogP contribution in [0.2, 0.25) is 0 Å². The van der Waals surface area contributed by atoms with Gasteiger partial charge in [-0.25, -0.2) is 0 Å². The highest BCUT2D eigenvalue weighted by molar-refractivity contribution is 5.94. The molecule has 4 atom stereocenters. The van der Waals surface area contributed by atoms with Gasteiger partial charge in [0.2, 0.25) is 23.6 Å². The second-order valence-electron chi connectivity index (χ2n) is 6.79. The largest absolute Gasteiger partial charge is 0.480 e. The SMILES string of the molecule is CC(O)C(N)C(=O)NC(CCC(N)=O)C(=O)NC(CCCCN)C(=O)NCC(=O)O. The third-order valence-electron chi connectivity index (χ3n) is 4.13. The smallest absolute Gasteiger partial charge is 0.322 e. The zero-order valence-corrected chi connectivity index (χ0v) is 16.9. The van der Waals surface area contributed by atoms with Gasteiger partial charge in [-0.2, -0.15) is 0 Å². The fourth-order valence-corrected chi connectivity index (χ4v) is 2.36. The van der Waals surface area contributed by atoms with Gasteiger partial charge in [0.15, 0.2) is 0 Å². The molecule has 172 valence electrons. The number of carbonyl (C=O) groups excluding carboxylic acids is 4. The summed E-state index contributed by atoms with van der Waals surface area (Å²) in [4.78, 5) is 58.8. The molecule has 4 unspecified atom stereocenters. The van der Waals surface area contributed by atoms with Gasteiger partial charge in [0.05, 0.1) is 6.10 Å². The number of aliphatic hydroxyl groups excluding tert-OH is 1. The van der Waals surface area contributed by atoms with Crippen LogP contribution in [0.3, 0.4) is 0 Å². The number of rotatable bonds is 15. The molecule has 0 fully saturated rings. The van der Waals surface area contributed by atoms with Crippen LogP contribution in [-0.2, 0) is 24.0 Å². The molecule has 0 aromatic heterocycles. The molecule has 0 aliphatic heterocycles. The van der Waals surface area contributed by atoms with Gasteiger partial charge in [-0.3, -0.25) is 24.0 Å². The van der Waals surface area contributed by atoms with E-state index >= 15 is 0 Å². The second-order valence-corrected chi connectivity index (χ2v) is 6.79. The Bertz CT molecular complexity index is 613. The maximum atomic E-state index is 12.7. The number of carbonyl (C=O) groups is 5. The highest BCUT2D eigenvalue weighted by Gasteiger charge is 2.29. The van der Waals surface area contributed by atoms with Gasteiger partial charge in [0.25, 0.3) is 0 Å². The summed E-state index contributed by atoms with van der Waals surface area (Å²) in [5.41, 5.74) is 16.1. The van der Waals surface area contributed by atoms with Crippen molar-refractivity contribution in [3.05, 3.63) is 0 Å². The zero-order chi connectivity index (χ0) is 23.3. The van der Waals surface area contributed by atoms with Crippen molar-refractivity contribution in [2.24, 2.45) is 17.2 Å². The Labute approximate surface area is 174 Å². The molecule has 0 aliphatic rings. The predicted octanol–water partition coefficient (Wildman–Crippen LogP) is -3.74. The van der Waals surface area contributed by atoms with E-state index in [2.05, 4.69) is 16.0 Å². The van der Waals surface area contributed by atoms with Gasteiger partial charge in [0.1, 0.15) is 24.7 Å². The molecule has 30 heavy (non-hydrogen) atoms. The van der Waals surface area contributed by atoms with E-state index in [-0.39, 0.29) is 19.3 Å². The lowest BCUT2D eigenvalue weighted by molar-refractivity contribution is -0.138. The molecule has 0 aliphatic carbocycles. The standard InChI is InChI=1S/C17H32N6O7/c1-9(24)14(20)17(30)23-11(5-6-12(19)25)16(29)22-10(4-2-3-7-18)15(28)21-8-13(26)27/h9-11,14,24H,2-8,18,20H2,1H3,(H2,19,25)(H,21,28)(H,22,29)(H,23,30)(H,26,27). The predicted molar refractivity (Wildman–Crippen MR) is 105 cm³/mol. The van der Waals surface area contributed by atoms with Crippen molar-refractivity contribution in [3.63, 3.8) is 0 Å². The lowest BCUT2D eigenvalue weighted by Crippen LogP contribution is -2.57. The van der Waals surface area contributed by atoms with Crippen LogP contribution in [0, 0.1) is 0 Å². The van der Waals surface area contributed by atoms with E-state index < -0.39 is 60.4 Å². The first-order valence-electron chi connectivity index (χ1n) is 9.51. The number of carboxylic acid groups (broad SMARTS) is 1. The number of amides is 4. The fourth-order valence-electron chi connectivity index (χ4n) is 2.36.